The van der Waals surface area contributed by atoms with Gasteiger partial charge in [-0.1, -0.05) is 36.4 Å². The molecule has 5 aromatic rings. The molecule has 2 amide bonds. The molecule has 0 bridgehead atoms. The summed E-state index contributed by atoms with van der Waals surface area (Å²) in [5, 5.41) is 7.52. The molecular formula is C30H27N5O3S. The van der Waals surface area contributed by atoms with Gasteiger partial charge in [0.15, 0.2) is 5.58 Å². The van der Waals surface area contributed by atoms with Gasteiger partial charge in [0.25, 0.3) is 11.8 Å². The molecule has 1 fully saturated rings. The van der Waals surface area contributed by atoms with Gasteiger partial charge < -0.3 is 14.6 Å². The van der Waals surface area contributed by atoms with Gasteiger partial charge in [-0.15, -0.1) is 11.8 Å². The minimum Gasteiger partial charge on any atom is -0.463 e. The minimum atomic E-state index is -0.152. The van der Waals surface area contributed by atoms with Gasteiger partial charge in [0.05, 0.1) is 29.8 Å². The molecule has 0 spiro atoms. The number of carbonyl (C=O) groups excluding carboxylic acids is 2. The van der Waals surface area contributed by atoms with E-state index in [2.05, 4.69) is 27.5 Å². The number of aromatic nitrogens is 3. The van der Waals surface area contributed by atoms with Gasteiger partial charge in [-0.2, -0.15) is 5.10 Å². The average Bonchev–Trinajstić information content (AvgIpc) is 3.66. The Bertz CT molecular complexity index is 1610. The number of likely N-dealkylation sites (tertiary alicyclic amines) is 1. The first kappa shape index (κ1) is 24.9. The van der Waals surface area contributed by atoms with Crippen molar-refractivity contribution in [2.45, 2.75) is 29.5 Å². The smallest absolute Gasteiger partial charge is 0.256 e. The summed E-state index contributed by atoms with van der Waals surface area (Å²) in [5.74, 6) is 0.508. The summed E-state index contributed by atoms with van der Waals surface area (Å²) in [6.07, 6.45) is 8.28. The lowest BCUT2D eigenvalue weighted by Gasteiger charge is -2.32. The minimum absolute atomic E-state index is 0.0447. The van der Waals surface area contributed by atoms with E-state index in [1.165, 1.54) is 0 Å². The number of anilines is 1. The number of pyridine rings is 1. The van der Waals surface area contributed by atoms with Crippen LogP contribution >= 0.6 is 11.8 Å². The lowest BCUT2D eigenvalue weighted by atomic mass is 10.0. The topological polar surface area (TPSA) is 93.3 Å². The van der Waals surface area contributed by atoms with Crippen LogP contribution in [-0.2, 0) is 5.75 Å². The van der Waals surface area contributed by atoms with Crippen molar-refractivity contribution in [3.8, 4) is 0 Å². The van der Waals surface area contributed by atoms with Crippen LogP contribution in [0.2, 0.25) is 0 Å². The fourth-order valence-corrected chi connectivity index (χ4v) is 5.75. The highest BCUT2D eigenvalue weighted by Gasteiger charge is 2.26. The van der Waals surface area contributed by atoms with E-state index < -0.39 is 0 Å². The van der Waals surface area contributed by atoms with Crippen molar-refractivity contribution in [1.82, 2.24) is 19.7 Å². The van der Waals surface area contributed by atoms with Gasteiger partial charge in [0, 0.05) is 47.8 Å². The van der Waals surface area contributed by atoms with E-state index in [0.29, 0.717) is 41.2 Å². The number of carbonyl (C=O) groups is 2. The molecule has 0 radical (unpaired) electrons. The van der Waals surface area contributed by atoms with Crippen LogP contribution in [0, 0.1) is 0 Å². The number of piperidine rings is 1. The monoisotopic (exact) mass is 537 g/mol. The number of hydrogen-bond donors (Lipinski definition) is 1. The fourth-order valence-electron chi connectivity index (χ4n) is 4.83. The van der Waals surface area contributed by atoms with Crippen LogP contribution < -0.4 is 5.32 Å². The predicted molar refractivity (Wildman–Crippen MR) is 151 cm³/mol. The summed E-state index contributed by atoms with van der Waals surface area (Å²) in [5.41, 5.74) is 4.17. The Morgan fingerprint density at radius 3 is 2.64 bits per heavy atom. The maximum absolute atomic E-state index is 13.1. The van der Waals surface area contributed by atoms with E-state index >= 15 is 0 Å². The van der Waals surface area contributed by atoms with Crippen molar-refractivity contribution in [3.05, 3.63) is 108 Å². The zero-order valence-corrected chi connectivity index (χ0v) is 22.0. The first-order valence-corrected chi connectivity index (χ1v) is 13.9. The molecule has 1 aliphatic rings. The molecule has 0 aliphatic carbocycles. The number of nitrogens with one attached hydrogen (secondary N) is 1. The lowest BCUT2D eigenvalue weighted by Crippen LogP contribution is -2.39. The third-order valence-electron chi connectivity index (χ3n) is 6.93. The van der Waals surface area contributed by atoms with Crippen LogP contribution in [-0.4, -0.2) is 44.6 Å². The molecule has 196 valence electrons. The second-order valence-electron chi connectivity index (χ2n) is 9.47. The molecule has 0 unspecified atom stereocenters. The second-order valence-corrected chi connectivity index (χ2v) is 10.5. The SMILES string of the molecule is O=C(Nc1cnn(C2CCN(C(=O)c3cnc4ccoc4c3)CC2)c1)c1ccccc1CSc1ccccc1. The number of rotatable bonds is 7. The molecule has 0 atom stereocenters. The van der Waals surface area contributed by atoms with Gasteiger partial charge >= 0.3 is 0 Å². The standard InChI is InChI=1S/C30H27N5O3S/c36-29(26-9-5-4-6-21(26)20-39-25-7-2-1-3-8-25)33-23-18-32-35(19-23)24-10-13-34(14-11-24)30(37)22-16-28-27(31-17-22)12-15-38-28/h1-9,12,15-19,24H,10-11,13-14,20H2,(H,33,36). The molecule has 0 saturated carbocycles. The summed E-state index contributed by atoms with van der Waals surface area (Å²) in [7, 11) is 0. The molecule has 1 N–H and O–H groups in total. The van der Waals surface area contributed by atoms with Crippen molar-refractivity contribution >= 4 is 40.4 Å². The number of fused-ring (bicyclic) bond motifs is 1. The lowest BCUT2D eigenvalue weighted by molar-refractivity contribution is 0.0689. The summed E-state index contributed by atoms with van der Waals surface area (Å²) < 4.78 is 7.28. The molecule has 4 heterocycles. The highest BCUT2D eigenvalue weighted by molar-refractivity contribution is 7.98. The van der Waals surface area contributed by atoms with Crippen molar-refractivity contribution in [3.63, 3.8) is 0 Å². The van der Waals surface area contributed by atoms with E-state index in [1.807, 2.05) is 58.2 Å². The number of benzene rings is 2. The Labute approximate surface area is 230 Å². The van der Waals surface area contributed by atoms with Gasteiger partial charge in [-0.25, -0.2) is 0 Å². The third-order valence-corrected chi connectivity index (χ3v) is 8.00. The first-order chi connectivity index (χ1) is 19.1. The first-order valence-electron chi connectivity index (χ1n) is 12.9. The Hall–Kier alpha value is -4.37. The fraction of sp³-hybridized carbons (Fsp3) is 0.200. The van der Waals surface area contributed by atoms with Gasteiger partial charge in [-0.3, -0.25) is 19.3 Å². The van der Waals surface area contributed by atoms with Gasteiger partial charge in [0.1, 0.15) is 5.52 Å². The third kappa shape index (κ3) is 5.58. The van der Waals surface area contributed by atoms with Crippen LogP contribution in [0.1, 0.15) is 45.2 Å². The van der Waals surface area contributed by atoms with Crippen LogP contribution in [0.4, 0.5) is 5.69 Å². The number of thioether (sulfide) groups is 1. The maximum Gasteiger partial charge on any atom is 0.256 e. The van der Waals surface area contributed by atoms with Crippen LogP contribution in [0.5, 0.6) is 0 Å². The molecule has 3 aromatic heterocycles. The Morgan fingerprint density at radius 1 is 1.00 bits per heavy atom. The number of furan rings is 1. The Kier molecular flexibility index (Phi) is 7.14. The van der Waals surface area contributed by atoms with Crippen LogP contribution in [0.25, 0.3) is 11.1 Å². The maximum atomic E-state index is 13.1. The van der Waals surface area contributed by atoms with E-state index in [1.54, 1.807) is 42.6 Å². The predicted octanol–water partition coefficient (Wildman–Crippen LogP) is 6.05. The molecule has 39 heavy (non-hydrogen) atoms. The van der Waals surface area contributed by atoms with Crippen molar-refractivity contribution in [2.75, 3.05) is 18.4 Å². The summed E-state index contributed by atoms with van der Waals surface area (Å²) in [4.78, 5) is 33.4. The number of nitrogens with zero attached hydrogens (tertiary/aromatic N) is 4. The van der Waals surface area contributed by atoms with Crippen molar-refractivity contribution < 1.29 is 14.0 Å². The van der Waals surface area contributed by atoms with Gasteiger partial charge in [0.2, 0.25) is 0 Å². The molecule has 6 rings (SSSR count). The molecule has 9 heteroatoms. The quantitative estimate of drug-likeness (QED) is 0.254. The number of hydrogen-bond acceptors (Lipinski definition) is 6. The summed E-state index contributed by atoms with van der Waals surface area (Å²) >= 11 is 1.70. The molecule has 8 nitrogen and oxygen atoms in total. The molecule has 1 aliphatic heterocycles. The van der Waals surface area contributed by atoms with Crippen LogP contribution in [0.15, 0.2) is 101 Å². The molecular weight excluding hydrogens is 510 g/mol. The normalized spacial score (nSPS) is 14.0. The van der Waals surface area contributed by atoms with E-state index in [0.717, 1.165) is 28.8 Å². The average molecular weight is 538 g/mol. The summed E-state index contributed by atoms with van der Waals surface area (Å²) in [6.45, 7) is 1.24. The summed E-state index contributed by atoms with van der Waals surface area (Å²) in [6, 6.07) is 21.5. The second kappa shape index (κ2) is 11.2. The zero-order valence-electron chi connectivity index (χ0n) is 21.2. The Morgan fingerprint density at radius 2 is 1.79 bits per heavy atom. The molecule has 1 saturated heterocycles. The highest BCUT2D eigenvalue weighted by Crippen LogP contribution is 2.27. The van der Waals surface area contributed by atoms with Gasteiger partial charge in [-0.05, 0) is 42.7 Å². The highest BCUT2D eigenvalue weighted by atomic mass is 32.2. The van der Waals surface area contributed by atoms with Crippen molar-refractivity contribution in [1.29, 1.82) is 0 Å². The van der Waals surface area contributed by atoms with Crippen molar-refractivity contribution in [2.24, 2.45) is 0 Å². The van der Waals surface area contributed by atoms with Crippen LogP contribution in [0.3, 0.4) is 0 Å². The van der Waals surface area contributed by atoms with E-state index in [-0.39, 0.29) is 17.9 Å². The largest absolute Gasteiger partial charge is 0.463 e. The van der Waals surface area contributed by atoms with E-state index in [4.69, 9.17) is 4.42 Å². The number of amides is 2. The molecule has 2 aromatic carbocycles. The van der Waals surface area contributed by atoms with E-state index in [9.17, 15) is 9.59 Å². The zero-order chi connectivity index (χ0) is 26.6. The Balaban J connectivity index is 1.05.